The highest BCUT2D eigenvalue weighted by molar-refractivity contribution is 9.10. The lowest BCUT2D eigenvalue weighted by Gasteiger charge is -2.37. The zero-order chi connectivity index (χ0) is 16.7. The van der Waals surface area contributed by atoms with E-state index < -0.39 is 0 Å². The average molecular weight is 384 g/mol. The van der Waals surface area contributed by atoms with E-state index in [2.05, 4.69) is 57.7 Å². The van der Waals surface area contributed by atoms with Crippen molar-refractivity contribution in [2.45, 2.75) is 18.4 Å². The summed E-state index contributed by atoms with van der Waals surface area (Å²) >= 11 is 3.50. The maximum atomic E-state index is 11.8. The SMILES string of the molecule is COC(=O)c1ccc2c(c1)[C@@H]1C=CC[C@H]1[C@@H](c1ccc(Br)cc1)N2. The Labute approximate surface area is 149 Å². The summed E-state index contributed by atoms with van der Waals surface area (Å²) in [4.78, 5) is 11.8. The molecule has 2 aromatic carbocycles. The number of carbonyl (C=O) groups excluding carboxylic acids is 1. The quantitative estimate of drug-likeness (QED) is 0.581. The van der Waals surface area contributed by atoms with Crippen LogP contribution in [0.3, 0.4) is 0 Å². The number of allylic oxidation sites excluding steroid dienone is 2. The summed E-state index contributed by atoms with van der Waals surface area (Å²) in [5.41, 5.74) is 4.19. The predicted octanol–water partition coefficient (Wildman–Crippen LogP) is 5.06. The van der Waals surface area contributed by atoms with Gasteiger partial charge in [-0.2, -0.15) is 0 Å². The van der Waals surface area contributed by atoms with Crippen molar-refractivity contribution < 1.29 is 9.53 Å². The number of anilines is 1. The van der Waals surface area contributed by atoms with Crippen LogP contribution in [0.2, 0.25) is 0 Å². The highest BCUT2D eigenvalue weighted by Crippen LogP contribution is 2.50. The summed E-state index contributed by atoms with van der Waals surface area (Å²) in [6, 6.07) is 14.6. The third-order valence-corrected chi connectivity index (χ3v) is 5.54. The van der Waals surface area contributed by atoms with E-state index in [4.69, 9.17) is 4.74 Å². The number of nitrogens with one attached hydrogen (secondary N) is 1. The van der Waals surface area contributed by atoms with E-state index in [1.54, 1.807) is 0 Å². The van der Waals surface area contributed by atoms with Gasteiger partial charge in [0.1, 0.15) is 0 Å². The summed E-state index contributed by atoms with van der Waals surface area (Å²) in [7, 11) is 1.42. The fraction of sp³-hybridized carbons (Fsp3) is 0.250. The van der Waals surface area contributed by atoms with Gasteiger partial charge in [0.05, 0.1) is 18.7 Å². The molecule has 4 rings (SSSR count). The normalized spacial score (nSPS) is 24.0. The molecular formula is C20H18BrNO2. The second-order valence-electron chi connectivity index (χ2n) is 6.32. The largest absolute Gasteiger partial charge is 0.465 e. The number of hydrogen-bond donors (Lipinski definition) is 1. The van der Waals surface area contributed by atoms with Crippen molar-refractivity contribution in [3.8, 4) is 0 Å². The minimum atomic E-state index is -0.286. The Kier molecular flexibility index (Phi) is 3.93. The Morgan fingerprint density at radius 2 is 2.00 bits per heavy atom. The third-order valence-electron chi connectivity index (χ3n) is 5.01. The highest BCUT2D eigenvalue weighted by atomic mass is 79.9. The summed E-state index contributed by atoms with van der Waals surface area (Å²) in [6.07, 6.45) is 5.57. The molecule has 2 aliphatic rings. The van der Waals surface area contributed by atoms with Crippen LogP contribution >= 0.6 is 15.9 Å². The minimum Gasteiger partial charge on any atom is -0.465 e. The second-order valence-corrected chi connectivity index (χ2v) is 7.24. The van der Waals surface area contributed by atoms with Crippen LogP contribution in [0.5, 0.6) is 0 Å². The van der Waals surface area contributed by atoms with Crippen LogP contribution in [0.25, 0.3) is 0 Å². The number of carbonyl (C=O) groups is 1. The maximum Gasteiger partial charge on any atom is 0.337 e. The molecule has 3 nitrogen and oxygen atoms in total. The number of rotatable bonds is 2. The van der Waals surface area contributed by atoms with Crippen molar-refractivity contribution in [2.24, 2.45) is 5.92 Å². The molecular weight excluding hydrogens is 366 g/mol. The summed E-state index contributed by atoms with van der Waals surface area (Å²) in [5.74, 6) is 0.512. The van der Waals surface area contributed by atoms with Crippen LogP contribution in [-0.2, 0) is 4.74 Å². The van der Waals surface area contributed by atoms with Crippen LogP contribution in [0.15, 0.2) is 59.1 Å². The van der Waals surface area contributed by atoms with Crippen LogP contribution in [0, 0.1) is 5.92 Å². The number of benzene rings is 2. The lowest BCUT2D eigenvalue weighted by molar-refractivity contribution is 0.0600. The van der Waals surface area contributed by atoms with Gasteiger partial charge in [-0.25, -0.2) is 4.79 Å². The van der Waals surface area contributed by atoms with Crippen LogP contribution in [0.4, 0.5) is 5.69 Å². The zero-order valence-corrected chi connectivity index (χ0v) is 14.9. The van der Waals surface area contributed by atoms with Crippen LogP contribution in [0.1, 0.15) is 39.9 Å². The molecule has 0 saturated heterocycles. The Bertz CT molecular complexity index is 813. The van der Waals surface area contributed by atoms with E-state index in [1.165, 1.54) is 18.2 Å². The predicted molar refractivity (Wildman–Crippen MR) is 98.3 cm³/mol. The molecule has 1 N–H and O–H groups in total. The molecule has 2 aromatic rings. The maximum absolute atomic E-state index is 11.8. The molecule has 0 fully saturated rings. The van der Waals surface area contributed by atoms with Gasteiger partial charge >= 0.3 is 5.97 Å². The molecule has 4 heteroatoms. The lowest BCUT2D eigenvalue weighted by atomic mass is 9.76. The zero-order valence-electron chi connectivity index (χ0n) is 13.3. The van der Waals surface area contributed by atoms with Gasteiger partial charge in [-0.05, 0) is 53.8 Å². The van der Waals surface area contributed by atoms with E-state index in [-0.39, 0.29) is 12.0 Å². The first-order valence-electron chi connectivity index (χ1n) is 8.08. The van der Waals surface area contributed by atoms with Gasteiger partial charge in [-0.15, -0.1) is 0 Å². The van der Waals surface area contributed by atoms with Crippen molar-refractivity contribution in [1.29, 1.82) is 0 Å². The number of ether oxygens (including phenoxy) is 1. The number of hydrogen-bond acceptors (Lipinski definition) is 3. The number of methoxy groups -OCH3 is 1. The Morgan fingerprint density at radius 1 is 1.21 bits per heavy atom. The van der Waals surface area contributed by atoms with Crippen molar-refractivity contribution >= 4 is 27.6 Å². The van der Waals surface area contributed by atoms with Gasteiger partial charge in [0.25, 0.3) is 0 Å². The second kappa shape index (κ2) is 6.10. The van der Waals surface area contributed by atoms with E-state index >= 15 is 0 Å². The molecule has 0 spiro atoms. The molecule has 1 aliphatic heterocycles. The fourth-order valence-electron chi connectivity index (χ4n) is 3.84. The first-order valence-corrected chi connectivity index (χ1v) is 8.87. The van der Waals surface area contributed by atoms with Gasteiger partial charge in [0.2, 0.25) is 0 Å². The molecule has 3 atom stereocenters. The van der Waals surface area contributed by atoms with Gasteiger partial charge < -0.3 is 10.1 Å². The van der Waals surface area contributed by atoms with Crippen molar-refractivity contribution in [3.05, 3.63) is 75.8 Å². The van der Waals surface area contributed by atoms with Crippen molar-refractivity contribution in [1.82, 2.24) is 0 Å². The molecule has 0 amide bonds. The molecule has 1 heterocycles. The highest BCUT2D eigenvalue weighted by Gasteiger charge is 2.38. The van der Waals surface area contributed by atoms with Crippen LogP contribution < -0.4 is 5.32 Å². The monoisotopic (exact) mass is 383 g/mol. The van der Waals surface area contributed by atoms with E-state index in [0.717, 1.165) is 16.6 Å². The molecule has 0 radical (unpaired) electrons. The van der Waals surface area contributed by atoms with Gasteiger partial charge in [0, 0.05) is 16.1 Å². The summed E-state index contributed by atoms with van der Waals surface area (Å²) in [5, 5.41) is 3.68. The Hall–Kier alpha value is -2.07. The summed E-state index contributed by atoms with van der Waals surface area (Å²) in [6.45, 7) is 0. The topological polar surface area (TPSA) is 38.3 Å². The first-order chi connectivity index (χ1) is 11.7. The smallest absolute Gasteiger partial charge is 0.337 e. The minimum absolute atomic E-state index is 0.273. The van der Waals surface area contributed by atoms with Gasteiger partial charge in [0.15, 0.2) is 0 Å². The average Bonchev–Trinajstić information content (AvgIpc) is 3.11. The fourth-order valence-corrected chi connectivity index (χ4v) is 4.10. The molecule has 24 heavy (non-hydrogen) atoms. The number of fused-ring (bicyclic) bond motifs is 3. The van der Waals surface area contributed by atoms with Crippen molar-refractivity contribution in [3.63, 3.8) is 0 Å². The Morgan fingerprint density at radius 3 is 2.75 bits per heavy atom. The molecule has 0 unspecified atom stereocenters. The standard InChI is InChI=1S/C20H18BrNO2/c1-24-20(23)13-7-10-18-17(11-13)15-3-2-4-16(15)19(22-18)12-5-8-14(21)9-6-12/h2-3,5-11,15-16,19,22H,4H2,1H3/t15-,16-,19-/m1/s1. The van der Waals surface area contributed by atoms with E-state index in [1.807, 2.05) is 18.2 Å². The number of halogens is 1. The van der Waals surface area contributed by atoms with Crippen molar-refractivity contribution in [2.75, 3.05) is 12.4 Å². The van der Waals surface area contributed by atoms with Gasteiger partial charge in [-0.3, -0.25) is 0 Å². The molecule has 0 aromatic heterocycles. The van der Waals surface area contributed by atoms with Crippen LogP contribution in [-0.4, -0.2) is 13.1 Å². The Balaban J connectivity index is 1.74. The summed E-state index contributed by atoms with van der Waals surface area (Å²) < 4.78 is 5.95. The van der Waals surface area contributed by atoms with E-state index in [9.17, 15) is 4.79 Å². The third kappa shape index (κ3) is 2.55. The molecule has 0 saturated carbocycles. The lowest BCUT2D eigenvalue weighted by Crippen LogP contribution is -2.29. The van der Waals surface area contributed by atoms with Gasteiger partial charge in [-0.1, -0.05) is 40.2 Å². The molecule has 0 bridgehead atoms. The molecule has 1 aliphatic carbocycles. The first kappa shape index (κ1) is 15.5. The van der Waals surface area contributed by atoms with E-state index in [0.29, 0.717) is 17.4 Å². The number of esters is 1. The molecule has 122 valence electrons.